The maximum absolute atomic E-state index is 12.5. The molecule has 132 valence electrons. The van der Waals surface area contributed by atoms with Gasteiger partial charge in [-0.2, -0.15) is 0 Å². The molecule has 0 aliphatic rings. The van der Waals surface area contributed by atoms with Gasteiger partial charge in [0.15, 0.2) is 6.10 Å². The van der Waals surface area contributed by atoms with Gasteiger partial charge in [-0.1, -0.05) is 42.5 Å². The quantitative estimate of drug-likeness (QED) is 0.767. The summed E-state index contributed by atoms with van der Waals surface area (Å²) in [6.07, 6.45) is -0.699. The minimum Gasteiger partial charge on any atom is -0.497 e. The van der Waals surface area contributed by atoms with Gasteiger partial charge in [-0.25, -0.2) is 4.79 Å². The lowest BCUT2D eigenvalue weighted by Gasteiger charge is -2.20. The molecule has 0 spiro atoms. The number of carboxylic acids is 1. The van der Waals surface area contributed by atoms with Crippen LogP contribution in [0.25, 0.3) is 0 Å². The van der Waals surface area contributed by atoms with Crippen molar-refractivity contribution in [1.82, 2.24) is 5.32 Å². The number of aliphatic carboxylic acids is 1. The number of amides is 1. The number of carbonyl (C=O) groups is 2. The third-order valence-corrected chi connectivity index (χ3v) is 3.79. The van der Waals surface area contributed by atoms with Crippen molar-refractivity contribution in [3.63, 3.8) is 0 Å². The minimum absolute atomic E-state index is 0.163. The molecule has 0 unspecified atom stereocenters. The van der Waals surface area contributed by atoms with E-state index in [1.54, 1.807) is 55.6 Å². The monoisotopic (exact) mass is 343 g/mol. The number of carbonyl (C=O) groups excluding carboxylic acids is 1. The molecule has 25 heavy (non-hydrogen) atoms. The first-order chi connectivity index (χ1) is 12.0. The van der Waals surface area contributed by atoms with Gasteiger partial charge in [-0.15, -0.1) is 0 Å². The number of benzene rings is 2. The summed E-state index contributed by atoms with van der Waals surface area (Å²) in [5.74, 6) is -0.912. The van der Waals surface area contributed by atoms with Gasteiger partial charge in [0.05, 0.1) is 7.11 Å². The molecule has 0 aliphatic carbocycles. The first kappa shape index (κ1) is 18.5. The van der Waals surface area contributed by atoms with Crippen molar-refractivity contribution in [1.29, 1.82) is 0 Å². The van der Waals surface area contributed by atoms with E-state index >= 15 is 0 Å². The summed E-state index contributed by atoms with van der Waals surface area (Å²) in [5.41, 5.74) is 1.44. The third-order valence-electron chi connectivity index (χ3n) is 3.79. The fourth-order valence-corrected chi connectivity index (χ4v) is 2.47. The molecule has 2 atom stereocenters. The van der Waals surface area contributed by atoms with Crippen molar-refractivity contribution in [3.05, 3.63) is 65.7 Å². The van der Waals surface area contributed by atoms with E-state index < -0.39 is 24.0 Å². The third kappa shape index (κ3) is 5.06. The topological polar surface area (TPSA) is 84.9 Å². The van der Waals surface area contributed by atoms with Crippen LogP contribution >= 0.6 is 0 Å². The van der Waals surface area contributed by atoms with Gasteiger partial charge in [0.25, 0.3) is 5.91 Å². The van der Waals surface area contributed by atoms with Crippen LogP contribution in [0, 0.1) is 0 Å². The lowest BCUT2D eigenvalue weighted by Crippen LogP contribution is -2.44. The van der Waals surface area contributed by atoms with E-state index in [9.17, 15) is 14.7 Å². The summed E-state index contributed by atoms with van der Waals surface area (Å²) < 4.78 is 10.3. The Hall–Kier alpha value is -2.86. The Morgan fingerprint density at radius 1 is 1.04 bits per heavy atom. The first-order valence-corrected chi connectivity index (χ1v) is 7.79. The van der Waals surface area contributed by atoms with Crippen LogP contribution in [0.5, 0.6) is 5.75 Å². The molecule has 2 aromatic rings. The average molecular weight is 343 g/mol. The Morgan fingerprint density at radius 3 is 2.20 bits per heavy atom. The van der Waals surface area contributed by atoms with Crippen LogP contribution in [-0.2, 0) is 20.7 Å². The molecule has 0 aliphatic heterocycles. The van der Waals surface area contributed by atoms with Gasteiger partial charge in [0.2, 0.25) is 0 Å². The number of nitrogens with one attached hydrogen (secondary N) is 1. The highest BCUT2D eigenvalue weighted by molar-refractivity contribution is 5.87. The Bertz CT molecular complexity index is 700. The van der Waals surface area contributed by atoms with E-state index in [0.717, 1.165) is 5.56 Å². The fraction of sp³-hybridized carbons (Fsp3) is 0.263. The summed E-state index contributed by atoms with van der Waals surface area (Å²) in [6, 6.07) is 14.9. The van der Waals surface area contributed by atoms with E-state index in [1.165, 1.54) is 7.11 Å². The number of hydrogen-bond donors (Lipinski definition) is 2. The number of methoxy groups -OCH3 is 2. The highest BCUT2D eigenvalue weighted by atomic mass is 16.5. The predicted octanol–water partition coefficient (Wildman–Crippen LogP) is 2.19. The van der Waals surface area contributed by atoms with Crippen molar-refractivity contribution >= 4 is 11.9 Å². The number of hydrogen-bond acceptors (Lipinski definition) is 4. The molecule has 2 N–H and O–H groups in total. The zero-order valence-corrected chi connectivity index (χ0v) is 14.1. The van der Waals surface area contributed by atoms with Gasteiger partial charge in [0, 0.05) is 13.5 Å². The SMILES string of the molecule is COc1ccc(C[C@H](NC(=O)[C@@H](OC)c2ccccc2)C(=O)O)cc1. The van der Waals surface area contributed by atoms with Crippen molar-refractivity contribution in [2.45, 2.75) is 18.6 Å². The Kier molecular flexibility index (Phi) is 6.54. The van der Waals surface area contributed by atoms with Crippen LogP contribution in [0.2, 0.25) is 0 Å². The van der Waals surface area contributed by atoms with Gasteiger partial charge >= 0.3 is 5.97 Å². The van der Waals surface area contributed by atoms with Crippen molar-refractivity contribution in [2.24, 2.45) is 0 Å². The molecule has 1 amide bonds. The number of carboxylic acid groups (broad SMARTS) is 1. The van der Waals surface area contributed by atoms with E-state index in [-0.39, 0.29) is 6.42 Å². The van der Waals surface area contributed by atoms with E-state index in [1.807, 2.05) is 6.07 Å². The first-order valence-electron chi connectivity index (χ1n) is 7.79. The lowest BCUT2D eigenvalue weighted by molar-refractivity contribution is -0.144. The van der Waals surface area contributed by atoms with Crippen LogP contribution in [0.3, 0.4) is 0 Å². The summed E-state index contributed by atoms with van der Waals surface area (Å²) in [7, 11) is 2.97. The van der Waals surface area contributed by atoms with Crippen LogP contribution in [0.15, 0.2) is 54.6 Å². The average Bonchev–Trinajstić information content (AvgIpc) is 2.63. The molecule has 2 rings (SSSR count). The van der Waals surface area contributed by atoms with Gasteiger partial charge in [-0.05, 0) is 23.3 Å². The second-order valence-corrected chi connectivity index (χ2v) is 5.48. The van der Waals surface area contributed by atoms with Crippen LogP contribution in [0.1, 0.15) is 17.2 Å². The molecule has 0 radical (unpaired) electrons. The molecule has 0 fully saturated rings. The molecule has 0 heterocycles. The largest absolute Gasteiger partial charge is 0.497 e. The van der Waals surface area contributed by atoms with Crippen molar-refractivity contribution < 1.29 is 24.2 Å². The molecule has 6 heteroatoms. The maximum atomic E-state index is 12.5. The zero-order chi connectivity index (χ0) is 18.2. The molecule has 0 saturated carbocycles. The molecule has 0 bridgehead atoms. The van der Waals surface area contributed by atoms with Gasteiger partial charge in [-0.3, -0.25) is 4.79 Å². The normalized spacial score (nSPS) is 12.9. The number of ether oxygens (including phenoxy) is 2. The second kappa shape index (κ2) is 8.84. The Labute approximate surface area is 146 Å². The second-order valence-electron chi connectivity index (χ2n) is 5.48. The van der Waals surface area contributed by atoms with Gasteiger partial charge < -0.3 is 19.9 Å². The molecular formula is C19H21NO5. The standard InChI is InChI=1S/C19H21NO5/c1-24-15-10-8-13(9-11-15)12-16(19(22)23)20-18(21)17(25-2)14-6-4-3-5-7-14/h3-11,16-17H,12H2,1-2H3,(H,20,21)(H,22,23)/t16-,17-/m0/s1. The highest BCUT2D eigenvalue weighted by Gasteiger charge is 2.26. The van der Waals surface area contributed by atoms with Crippen molar-refractivity contribution in [2.75, 3.05) is 14.2 Å². The summed E-state index contributed by atoms with van der Waals surface area (Å²) in [4.78, 5) is 24.0. The molecule has 2 aromatic carbocycles. The fourth-order valence-electron chi connectivity index (χ4n) is 2.47. The van der Waals surface area contributed by atoms with Gasteiger partial charge in [0.1, 0.15) is 11.8 Å². The van der Waals surface area contributed by atoms with Crippen molar-refractivity contribution in [3.8, 4) is 5.75 Å². The number of rotatable bonds is 8. The maximum Gasteiger partial charge on any atom is 0.326 e. The van der Waals surface area contributed by atoms with Crippen LogP contribution in [0.4, 0.5) is 0 Å². The van der Waals surface area contributed by atoms with Crippen LogP contribution in [-0.4, -0.2) is 37.2 Å². The smallest absolute Gasteiger partial charge is 0.326 e. The Balaban J connectivity index is 2.09. The summed E-state index contributed by atoms with van der Waals surface area (Å²) in [6.45, 7) is 0. The highest BCUT2D eigenvalue weighted by Crippen LogP contribution is 2.17. The Morgan fingerprint density at radius 2 is 1.68 bits per heavy atom. The predicted molar refractivity (Wildman–Crippen MR) is 92.5 cm³/mol. The summed E-state index contributed by atoms with van der Waals surface area (Å²) in [5, 5.41) is 12.0. The zero-order valence-electron chi connectivity index (χ0n) is 14.1. The molecular weight excluding hydrogens is 322 g/mol. The molecule has 6 nitrogen and oxygen atoms in total. The van der Waals surface area contributed by atoms with E-state index in [0.29, 0.717) is 11.3 Å². The van der Waals surface area contributed by atoms with Crippen LogP contribution < -0.4 is 10.1 Å². The summed E-state index contributed by atoms with van der Waals surface area (Å²) >= 11 is 0. The molecule has 0 saturated heterocycles. The minimum atomic E-state index is -1.10. The van der Waals surface area contributed by atoms with E-state index in [4.69, 9.17) is 9.47 Å². The molecule has 0 aromatic heterocycles. The van der Waals surface area contributed by atoms with E-state index in [2.05, 4.69) is 5.32 Å². The lowest BCUT2D eigenvalue weighted by atomic mass is 10.0.